The van der Waals surface area contributed by atoms with Crippen LogP contribution in [0.4, 0.5) is 0 Å². The molecule has 0 radical (unpaired) electrons. The van der Waals surface area contributed by atoms with Crippen LogP contribution in [-0.2, 0) is 0 Å². The number of rotatable bonds is 4. The summed E-state index contributed by atoms with van der Waals surface area (Å²) in [5.74, 6) is 0. The Morgan fingerprint density at radius 2 is 1.50 bits per heavy atom. The molecule has 0 spiro atoms. The SMILES string of the molecule is C[Si](C)(C)C(c1ccccc1)c1cccc(-c2cccs2)c1. The summed E-state index contributed by atoms with van der Waals surface area (Å²) in [4.78, 5) is 1.35. The standard InChI is InChI=1S/C20H22SSi/c1-22(2,3)20(16-9-5-4-6-10-16)18-12-7-11-17(15-18)19-13-8-14-21-19/h4-15,20H,1-3H3. The zero-order valence-corrected chi connectivity index (χ0v) is 15.2. The number of thiophene rings is 1. The van der Waals surface area contributed by atoms with E-state index in [9.17, 15) is 0 Å². The second-order valence-corrected chi connectivity index (χ2v) is 13.1. The molecule has 1 heterocycles. The van der Waals surface area contributed by atoms with Crippen LogP contribution in [-0.4, -0.2) is 8.07 Å². The summed E-state index contributed by atoms with van der Waals surface area (Å²) in [6, 6.07) is 24.4. The second kappa shape index (κ2) is 6.23. The molecule has 0 nitrogen and oxygen atoms in total. The van der Waals surface area contributed by atoms with Crippen molar-refractivity contribution in [3.05, 3.63) is 83.2 Å². The lowest BCUT2D eigenvalue weighted by molar-refractivity contribution is 1.07. The molecule has 3 rings (SSSR count). The van der Waals surface area contributed by atoms with Crippen LogP contribution < -0.4 is 0 Å². The molecule has 1 atom stereocenters. The topological polar surface area (TPSA) is 0 Å². The van der Waals surface area contributed by atoms with Crippen molar-refractivity contribution in [3.63, 3.8) is 0 Å². The Hall–Kier alpha value is -1.64. The highest BCUT2D eigenvalue weighted by atomic mass is 32.1. The Morgan fingerprint density at radius 1 is 0.773 bits per heavy atom. The average Bonchev–Trinajstić information content (AvgIpc) is 3.02. The first-order valence-electron chi connectivity index (χ1n) is 7.74. The Labute approximate surface area is 138 Å². The summed E-state index contributed by atoms with van der Waals surface area (Å²) in [6.07, 6.45) is 0. The summed E-state index contributed by atoms with van der Waals surface area (Å²) in [5, 5.41) is 2.15. The molecular formula is C20H22SSi. The maximum Gasteiger partial charge on any atom is 0.0573 e. The van der Waals surface area contributed by atoms with E-state index in [1.807, 2.05) is 11.3 Å². The minimum Gasteiger partial charge on any atom is -0.144 e. The van der Waals surface area contributed by atoms with Gasteiger partial charge in [-0.1, -0.05) is 80.3 Å². The zero-order valence-electron chi connectivity index (χ0n) is 13.4. The van der Waals surface area contributed by atoms with Crippen LogP contribution in [0.5, 0.6) is 0 Å². The van der Waals surface area contributed by atoms with E-state index < -0.39 is 8.07 Å². The largest absolute Gasteiger partial charge is 0.144 e. The van der Waals surface area contributed by atoms with E-state index >= 15 is 0 Å². The van der Waals surface area contributed by atoms with Gasteiger partial charge in [0.05, 0.1) is 8.07 Å². The van der Waals surface area contributed by atoms with Crippen molar-refractivity contribution < 1.29 is 0 Å². The molecule has 1 unspecified atom stereocenters. The first kappa shape index (κ1) is 15.3. The fraction of sp³-hybridized carbons (Fsp3) is 0.200. The van der Waals surface area contributed by atoms with Gasteiger partial charge < -0.3 is 0 Å². The lowest BCUT2D eigenvalue weighted by Gasteiger charge is -2.30. The maximum absolute atomic E-state index is 2.46. The first-order valence-corrected chi connectivity index (χ1v) is 12.2. The summed E-state index contributed by atoms with van der Waals surface area (Å²) < 4.78 is 0. The predicted octanol–water partition coefficient (Wildman–Crippen LogP) is 6.42. The Kier molecular flexibility index (Phi) is 4.32. The molecule has 2 heteroatoms. The van der Waals surface area contributed by atoms with Crippen LogP contribution in [0.1, 0.15) is 16.7 Å². The third-order valence-electron chi connectivity index (χ3n) is 4.02. The molecule has 0 aliphatic rings. The molecule has 0 saturated heterocycles. The van der Waals surface area contributed by atoms with Gasteiger partial charge in [0.2, 0.25) is 0 Å². The van der Waals surface area contributed by atoms with Gasteiger partial charge in [-0.25, -0.2) is 0 Å². The molecule has 0 saturated carbocycles. The molecule has 0 N–H and O–H groups in total. The van der Waals surface area contributed by atoms with E-state index in [1.54, 1.807) is 0 Å². The number of hydrogen-bond acceptors (Lipinski definition) is 1. The third kappa shape index (κ3) is 3.23. The summed E-state index contributed by atoms with van der Waals surface area (Å²) in [5.41, 5.74) is 4.78. The molecule has 3 aromatic rings. The minimum absolute atomic E-state index is 0.536. The van der Waals surface area contributed by atoms with Gasteiger partial charge in [-0.05, 0) is 28.1 Å². The van der Waals surface area contributed by atoms with E-state index in [0.29, 0.717) is 5.54 Å². The molecule has 2 aromatic carbocycles. The first-order chi connectivity index (χ1) is 10.6. The summed E-state index contributed by atoms with van der Waals surface area (Å²) in [7, 11) is -1.37. The molecule has 0 aliphatic heterocycles. The fourth-order valence-corrected chi connectivity index (χ4v) is 6.25. The van der Waals surface area contributed by atoms with Crippen molar-refractivity contribution in [2.24, 2.45) is 0 Å². The molecule has 1 aromatic heterocycles. The van der Waals surface area contributed by atoms with E-state index in [4.69, 9.17) is 0 Å². The Balaban J connectivity index is 2.08. The van der Waals surface area contributed by atoms with Crippen molar-refractivity contribution in [2.45, 2.75) is 25.2 Å². The van der Waals surface area contributed by atoms with E-state index in [-0.39, 0.29) is 0 Å². The predicted molar refractivity (Wildman–Crippen MR) is 101 cm³/mol. The van der Waals surface area contributed by atoms with E-state index in [2.05, 4.69) is 91.8 Å². The van der Waals surface area contributed by atoms with Crippen LogP contribution >= 0.6 is 11.3 Å². The average molecular weight is 323 g/mol. The van der Waals surface area contributed by atoms with E-state index in [0.717, 1.165) is 0 Å². The third-order valence-corrected chi connectivity index (χ3v) is 7.34. The highest BCUT2D eigenvalue weighted by Gasteiger charge is 2.29. The van der Waals surface area contributed by atoms with Gasteiger partial charge in [0, 0.05) is 10.4 Å². The molecule has 0 amide bonds. The smallest absolute Gasteiger partial charge is 0.0573 e. The molecule has 112 valence electrons. The van der Waals surface area contributed by atoms with Gasteiger partial charge in [-0.2, -0.15) is 0 Å². The highest BCUT2D eigenvalue weighted by molar-refractivity contribution is 7.13. The van der Waals surface area contributed by atoms with Gasteiger partial charge in [0.1, 0.15) is 0 Å². The molecular weight excluding hydrogens is 300 g/mol. The minimum atomic E-state index is -1.37. The molecule has 0 fully saturated rings. The Bertz CT molecular complexity index is 724. The molecule has 0 bridgehead atoms. The number of benzene rings is 2. The normalized spacial score (nSPS) is 13.0. The van der Waals surface area contributed by atoms with Gasteiger partial charge in [0.25, 0.3) is 0 Å². The molecule has 0 aliphatic carbocycles. The van der Waals surface area contributed by atoms with Crippen LogP contribution in [0, 0.1) is 0 Å². The van der Waals surface area contributed by atoms with Gasteiger partial charge in [0.15, 0.2) is 0 Å². The quantitative estimate of drug-likeness (QED) is 0.486. The van der Waals surface area contributed by atoms with Crippen molar-refractivity contribution in [1.29, 1.82) is 0 Å². The maximum atomic E-state index is 2.46. The van der Waals surface area contributed by atoms with Gasteiger partial charge >= 0.3 is 0 Å². The summed E-state index contributed by atoms with van der Waals surface area (Å²) >= 11 is 1.81. The summed E-state index contributed by atoms with van der Waals surface area (Å²) in [6.45, 7) is 7.38. The van der Waals surface area contributed by atoms with Crippen LogP contribution in [0.3, 0.4) is 0 Å². The van der Waals surface area contributed by atoms with Crippen LogP contribution in [0.2, 0.25) is 19.6 Å². The van der Waals surface area contributed by atoms with Crippen molar-refractivity contribution in [1.82, 2.24) is 0 Å². The van der Waals surface area contributed by atoms with Crippen molar-refractivity contribution in [3.8, 4) is 10.4 Å². The lowest BCUT2D eigenvalue weighted by Crippen LogP contribution is -2.31. The zero-order chi connectivity index (χ0) is 15.6. The van der Waals surface area contributed by atoms with Crippen LogP contribution in [0.25, 0.3) is 10.4 Å². The van der Waals surface area contributed by atoms with Gasteiger partial charge in [-0.3, -0.25) is 0 Å². The highest BCUT2D eigenvalue weighted by Crippen LogP contribution is 2.36. The van der Waals surface area contributed by atoms with Crippen LogP contribution in [0.15, 0.2) is 72.1 Å². The van der Waals surface area contributed by atoms with Crippen molar-refractivity contribution in [2.75, 3.05) is 0 Å². The fourth-order valence-electron chi connectivity index (χ4n) is 3.15. The lowest BCUT2D eigenvalue weighted by atomic mass is 10.0. The van der Waals surface area contributed by atoms with E-state index in [1.165, 1.54) is 21.6 Å². The van der Waals surface area contributed by atoms with Gasteiger partial charge in [-0.15, -0.1) is 11.3 Å². The molecule has 22 heavy (non-hydrogen) atoms. The number of hydrogen-bond donors (Lipinski definition) is 0. The monoisotopic (exact) mass is 322 g/mol. The Morgan fingerprint density at radius 3 is 2.14 bits per heavy atom. The second-order valence-electron chi connectivity index (χ2n) is 6.81. The van der Waals surface area contributed by atoms with Crippen molar-refractivity contribution >= 4 is 19.4 Å².